The molecule has 0 bridgehead atoms. The third kappa shape index (κ3) is 3.93. The normalized spacial score (nSPS) is 12.1. The second kappa shape index (κ2) is 6.70. The van der Waals surface area contributed by atoms with E-state index in [1.807, 2.05) is 30.3 Å². The summed E-state index contributed by atoms with van der Waals surface area (Å²) in [5.41, 5.74) is 7.76. The molecule has 100 valence electrons. The van der Waals surface area contributed by atoms with E-state index in [2.05, 4.69) is 15.5 Å². The van der Waals surface area contributed by atoms with Gasteiger partial charge in [0.05, 0.1) is 12.1 Å². The Morgan fingerprint density at radius 2 is 2.11 bits per heavy atom. The average Bonchev–Trinajstić information content (AvgIpc) is 2.96. The highest BCUT2D eigenvalue weighted by atomic mass is 16.1. The molecule has 4 N–H and O–H groups in total. The molecular weight excluding hydrogens is 240 g/mol. The number of amides is 1. The number of aromatic nitrogens is 2. The van der Waals surface area contributed by atoms with Crippen LogP contribution in [-0.2, 0) is 17.8 Å². The Bertz CT molecular complexity index is 495. The van der Waals surface area contributed by atoms with Crippen molar-refractivity contribution in [3.05, 3.63) is 53.9 Å². The van der Waals surface area contributed by atoms with Crippen LogP contribution in [-0.4, -0.2) is 22.6 Å². The number of carbonyl (C=O) groups excluding carboxylic acids is 1. The zero-order chi connectivity index (χ0) is 13.5. The molecule has 5 heteroatoms. The van der Waals surface area contributed by atoms with Gasteiger partial charge in [-0.1, -0.05) is 30.3 Å². The van der Waals surface area contributed by atoms with E-state index in [-0.39, 0.29) is 11.8 Å². The van der Waals surface area contributed by atoms with Gasteiger partial charge in [-0.2, -0.15) is 5.10 Å². The molecule has 1 atom stereocenters. The summed E-state index contributed by atoms with van der Waals surface area (Å²) in [4.78, 5) is 12.1. The number of carbonyl (C=O) groups is 1. The van der Waals surface area contributed by atoms with E-state index in [0.717, 1.165) is 11.1 Å². The summed E-state index contributed by atoms with van der Waals surface area (Å²) in [5.74, 6) is -0.221. The Labute approximate surface area is 112 Å². The third-order valence-corrected chi connectivity index (χ3v) is 3.00. The Balaban J connectivity index is 1.88. The smallest absolute Gasteiger partial charge is 0.224 e. The minimum absolute atomic E-state index is 0.0208. The van der Waals surface area contributed by atoms with E-state index in [4.69, 9.17) is 5.73 Å². The molecule has 0 aliphatic carbocycles. The van der Waals surface area contributed by atoms with Crippen molar-refractivity contribution in [2.75, 3.05) is 6.54 Å². The van der Waals surface area contributed by atoms with Gasteiger partial charge in [0.15, 0.2) is 0 Å². The summed E-state index contributed by atoms with van der Waals surface area (Å²) in [7, 11) is 0. The van der Waals surface area contributed by atoms with Crippen molar-refractivity contribution in [1.82, 2.24) is 15.5 Å². The van der Waals surface area contributed by atoms with E-state index in [1.54, 1.807) is 12.4 Å². The molecule has 2 rings (SSSR count). The lowest BCUT2D eigenvalue weighted by atomic mass is 9.98. The van der Waals surface area contributed by atoms with Gasteiger partial charge in [0.25, 0.3) is 0 Å². The molecule has 1 aromatic heterocycles. The zero-order valence-corrected chi connectivity index (χ0v) is 10.7. The molecule has 0 fully saturated rings. The van der Waals surface area contributed by atoms with Gasteiger partial charge in [-0.3, -0.25) is 9.89 Å². The van der Waals surface area contributed by atoms with Crippen LogP contribution in [0.15, 0.2) is 42.7 Å². The number of H-pyrrole nitrogens is 1. The van der Waals surface area contributed by atoms with Gasteiger partial charge in [0, 0.05) is 24.8 Å². The lowest BCUT2D eigenvalue weighted by Crippen LogP contribution is -2.35. The SMILES string of the molecule is NCC(Cc1ccccc1)C(=O)NCc1cn[nH]c1. The van der Waals surface area contributed by atoms with Crippen LogP contribution >= 0.6 is 0 Å². The molecule has 0 spiro atoms. The van der Waals surface area contributed by atoms with Gasteiger partial charge >= 0.3 is 0 Å². The van der Waals surface area contributed by atoms with Crippen LogP contribution in [0, 0.1) is 5.92 Å². The molecule has 0 radical (unpaired) electrons. The fourth-order valence-corrected chi connectivity index (χ4v) is 1.89. The van der Waals surface area contributed by atoms with Gasteiger partial charge < -0.3 is 11.1 Å². The van der Waals surface area contributed by atoms with Crippen LogP contribution < -0.4 is 11.1 Å². The van der Waals surface area contributed by atoms with Crippen molar-refractivity contribution < 1.29 is 4.79 Å². The maximum atomic E-state index is 12.1. The monoisotopic (exact) mass is 258 g/mol. The molecule has 0 aliphatic heterocycles. The number of benzene rings is 1. The minimum atomic E-state index is -0.200. The van der Waals surface area contributed by atoms with Crippen molar-refractivity contribution >= 4 is 5.91 Å². The second-order valence-electron chi connectivity index (χ2n) is 4.45. The van der Waals surface area contributed by atoms with Crippen LogP contribution in [0.2, 0.25) is 0 Å². The first-order valence-electron chi connectivity index (χ1n) is 6.29. The molecule has 0 saturated carbocycles. The molecule has 0 saturated heterocycles. The van der Waals surface area contributed by atoms with Crippen LogP contribution in [0.3, 0.4) is 0 Å². The first-order valence-corrected chi connectivity index (χ1v) is 6.29. The highest BCUT2D eigenvalue weighted by molar-refractivity contribution is 5.79. The summed E-state index contributed by atoms with van der Waals surface area (Å²) in [6.45, 7) is 0.812. The molecule has 0 aliphatic rings. The molecule has 1 heterocycles. The quantitative estimate of drug-likeness (QED) is 0.718. The maximum Gasteiger partial charge on any atom is 0.224 e. The maximum absolute atomic E-state index is 12.1. The molecule has 1 amide bonds. The molecular formula is C14H18N4O. The van der Waals surface area contributed by atoms with Crippen molar-refractivity contribution in [1.29, 1.82) is 0 Å². The topological polar surface area (TPSA) is 83.8 Å². The van der Waals surface area contributed by atoms with Crippen LogP contribution in [0.25, 0.3) is 0 Å². The summed E-state index contributed by atoms with van der Waals surface area (Å²) < 4.78 is 0. The number of nitrogens with zero attached hydrogens (tertiary/aromatic N) is 1. The number of rotatable bonds is 6. The van der Waals surface area contributed by atoms with E-state index >= 15 is 0 Å². The first-order chi connectivity index (χ1) is 9.29. The predicted molar refractivity (Wildman–Crippen MR) is 73.1 cm³/mol. The Morgan fingerprint density at radius 1 is 1.32 bits per heavy atom. The van der Waals surface area contributed by atoms with E-state index < -0.39 is 0 Å². The molecule has 2 aromatic rings. The van der Waals surface area contributed by atoms with Crippen LogP contribution in [0.5, 0.6) is 0 Å². The van der Waals surface area contributed by atoms with Gasteiger partial charge in [-0.25, -0.2) is 0 Å². The van der Waals surface area contributed by atoms with E-state index in [9.17, 15) is 4.79 Å². The Hall–Kier alpha value is -2.14. The Kier molecular flexibility index (Phi) is 4.69. The summed E-state index contributed by atoms with van der Waals surface area (Å²) >= 11 is 0. The van der Waals surface area contributed by atoms with Crippen molar-refractivity contribution in [3.63, 3.8) is 0 Å². The largest absolute Gasteiger partial charge is 0.352 e. The van der Waals surface area contributed by atoms with E-state index in [1.165, 1.54) is 0 Å². The highest BCUT2D eigenvalue weighted by Gasteiger charge is 2.16. The average molecular weight is 258 g/mol. The number of nitrogens with two attached hydrogens (primary N) is 1. The van der Waals surface area contributed by atoms with Gasteiger partial charge in [0.1, 0.15) is 0 Å². The van der Waals surface area contributed by atoms with Crippen LogP contribution in [0.1, 0.15) is 11.1 Å². The van der Waals surface area contributed by atoms with Gasteiger partial charge in [-0.05, 0) is 12.0 Å². The second-order valence-corrected chi connectivity index (χ2v) is 4.45. The molecule has 5 nitrogen and oxygen atoms in total. The summed E-state index contributed by atoms with van der Waals surface area (Å²) in [6, 6.07) is 9.90. The number of hydrogen-bond donors (Lipinski definition) is 3. The predicted octanol–water partition coefficient (Wildman–Crippen LogP) is 0.843. The molecule has 1 aromatic carbocycles. The Morgan fingerprint density at radius 3 is 2.74 bits per heavy atom. The number of aromatic amines is 1. The van der Waals surface area contributed by atoms with Crippen LogP contribution in [0.4, 0.5) is 0 Å². The third-order valence-electron chi connectivity index (χ3n) is 3.00. The first kappa shape index (κ1) is 13.3. The minimum Gasteiger partial charge on any atom is -0.352 e. The summed E-state index contributed by atoms with van der Waals surface area (Å²) in [6.07, 6.45) is 4.11. The summed E-state index contributed by atoms with van der Waals surface area (Å²) in [5, 5.41) is 9.42. The number of hydrogen-bond acceptors (Lipinski definition) is 3. The zero-order valence-electron chi connectivity index (χ0n) is 10.7. The standard InChI is InChI=1S/C14H18N4O/c15-7-13(6-11-4-2-1-3-5-11)14(19)16-8-12-9-17-18-10-12/h1-5,9-10,13H,6-8,15H2,(H,16,19)(H,17,18). The molecule has 1 unspecified atom stereocenters. The molecule has 19 heavy (non-hydrogen) atoms. The highest BCUT2D eigenvalue weighted by Crippen LogP contribution is 2.08. The lowest BCUT2D eigenvalue weighted by molar-refractivity contribution is -0.124. The van der Waals surface area contributed by atoms with Crippen molar-refractivity contribution in [2.24, 2.45) is 11.7 Å². The van der Waals surface area contributed by atoms with Crippen molar-refractivity contribution in [3.8, 4) is 0 Å². The van der Waals surface area contributed by atoms with Gasteiger partial charge in [0.2, 0.25) is 5.91 Å². The van der Waals surface area contributed by atoms with Crippen molar-refractivity contribution in [2.45, 2.75) is 13.0 Å². The lowest BCUT2D eigenvalue weighted by Gasteiger charge is -2.14. The fraction of sp³-hybridized carbons (Fsp3) is 0.286. The van der Waals surface area contributed by atoms with E-state index in [0.29, 0.717) is 19.5 Å². The van der Waals surface area contributed by atoms with Gasteiger partial charge in [-0.15, -0.1) is 0 Å². The number of nitrogens with one attached hydrogen (secondary N) is 2. The fourth-order valence-electron chi connectivity index (χ4n) is 1.89.